The lowest BCUT2D eigenvalue weighted by Crippen LogP contribution is -2.40. The zero-order valence-corrected chi connectivity index (χ0v) is 13.8. The maximum atomic E-state index is 12.3. The summed E-state index contributed by atoms with van der Waals surface area (Å²) in [6.45, 7) is 7.97. The Morgan fingerprint density at radius 1 is 1.45 bits per heavy atom. The average Bonchev–Trinajstić information content (AvgIpc) is 2.82. The Hall–Kier alpha value is -1.81. The number of fused-ring (bicyclic) bond motifs is 3. The van der Waals surface area contributed by atoms with Crippen LogP contribution < -0.4 is 4.74 Å². The smallest absolute Gasteiger partial charge is 0.152 e. The fourth-order valence-corrected chi connectivity index (χ4v) is 3.58. The second-order valence-electron chi connectivity index (χ2n) is 6.58. The van der Waals surface area contributed by atoms with E-state index in [4.69, 9.17) is 4.74 Å². The third kappa shape index (κ3) is 2.52. The van der Waals surface area contributed by atoms with Crippen molar-refractivity contribution in [2.75, 3.05) is 20.2 Å². The van der Waals surface area contributed by atoms with Crippen LogP contribution in [0.2, 0.25) is 0 Å². The summed E-state index contributed by atoms with van der Waals surface area (Å²) in [6, 6.07) is 5.94. The zero-order chi connectivity index (χ0) is 15.9. The number of nitrogens with zero attached hydrogens (tertiary/aromatic N) is 1. The van der Waals surface area contributed by atoms with E-state index in [2.05, 4.69) is 29.8 Å². The van der Waals surface area contributed by atoms with Crippen LogP contribution in [0.4, 0.5) is 0 Å². The van der Waals surface area contributed by atoms with Gasteiger partial charge in [0.1, 0.15) is 11.8 Å². The lowest BCUT2D eigenvalue weighted by atomic mass is 9.94. The molecule has 1 aromatic carbocycles. The van der Waals surface area contributed by atoms with E-state index in [0.717, 1.165) is 36.5 Å². The highest BCUT2D eigenvalue weighted by atomic mass is 16.5. The number of carbonyl (C=O) groups is 1. The van der Waals surface area contributed by atoms with Crippen molar-refractivity contribution >= 4 is 16.7 Å². The standard InChI is InChI=1S/C18H24N2O2/c1-11(2)10-20-8-7-15-14-6-5-13(22-4)9-16(14)19-17(15)18(20)12(3)21/h5-6,9,11,18-19H,7-8,10H2,1-4H3. The number of aromatic nitrogens is 1. The van der Waals surface area contributed by atoms with Crippen LogP contribution in [0.5, 0.6) is 5.75 Å². The highest BCUT2D eigenvalue weighted by Crippen LogP contribution is 2.36. The fourth-order valence-electron chi connectivity index (χ4n) is 3.58. The second kappa shape index (κ2) is 5.76. The molecule has 0 saturated heterocycles. The summed E-state index contributed by atoms with van der Waals surface area (Å²) in [6.07, 6.45) is 0.984. The largest absolute Gasteiger partial charge is 0.497 e. The quantitative estimate of drug-likeness (QED) is 0.942. The molecule has 1 aliphatic rings. The van der Waals surface area contributed by atoms with Crippen LogP contribution in [-0.4, -0.2) is 35.9 Å². The average molecular weight is 300 g/mol. The Morgan fingerprint density at radius 2 is 2.23 bits per heavy atom. The second-order valence-corrected chi connectivity index (χ2v) is 6.58. The molecule has 1 N–H and O–H groups in total. The summed E-state index contributed by atoms with van der Waals surface area (Å²) in [5.41, 5.74) is 3.42. The SMILES string of the molecule is COc1ccc2c3c([nH]c2c1)C(C(C)=O)N(CC(C)C)CC3. The molecule has 118 valence electrons. The predicted octanol–water partition coefficient (Wildman–Crippen LogP) is 3.32. The Kier molecular flexibility index (Phi) is 3.96. The number of nitrogens with one attached hydrogen (secondary N) is 1. The van der Waals surface area contributed by atoms with Gasteiger partial charge < -0.3 is 9.72 Å². The van der Waals surface area contributed by atoms with Crippen molar-refractivity contribution in [1.29, 1.82) is 0 Å². The summed E-state index contributed by atoms with van der Waals surface area (Å²) in [5.74, 6) is 1.59. The molecule has 0 radical (unpaired) electrons. The molecule has 0 bridgehead atoms. The lowest BCUT2D eigenvalue weighted by Gasteiger charge is -2.35. The molecule has 3 rings (SSSR count). The topological polar surface area (TPSA) is 45.3 Å². The molecule has 1 aliphatic heterocycles. The molecule has 2 heterocycles. The molecule has 2 aromatic rings. The molecular weight excluding hydrogens is 276 g/mol. The Morgan fingerprint density at radius 3 is 2.86 bits per heavy atom. The van der Waals surface area contributed by atoms with Gasteiger partial charge in [-0.3, -0.25) is 9.69 Å². The first-order valence-corrected chi connectivity index (χ1v) is 7.94. The van der Waals surface area contributed by atoms with Gasteiger partial charge in [-0.15, -0.1) is 0 Å². The monoisotopic (exact) mass is 300 g/mol. The molecule has 4 nitrogen and oxygen atoms in total. The van der Waals surface area contributed by atoms with Crippen LogP contribution in [0.3, 0.4) is 0 Å². The van der Waals surface area contributed by atoms with Crippen LogP contribution >= 0.6 is 0 Å². The van der Waals surface area contributed by atoms with Crippen molar-refractivity contribution in [1.82, 2.24) is 9.88 Å². The van der Waals surface area contributed by atoms with Gasteiger partial charge in [-0.05, 0) is 37.0 Å². The number of hydrogen-bond acceptors (Lipinski definition) is 3. The van der Waals surface area contributed by atoms with E-state index in [9.17, 15) is 4.79 Å². The first-order chi connectivity index (χ1) is 10.5. The molecule has 1 unspecified atom stereocenters. The molecule has 0 amide bonds. The van der Waals surface area contributed by atoms with Gasteiger partial charge in [0, 0.05) is 35.8 Å². The van der Waals surface area contributed by atoms with Crippen molar-refractivity contribution in [2.45, 2.75) is 33.2 Å². The van der Waals surface area contributed by atoms with Crippen molar-refractivity contribution in [3.05, 3.63) is 29.5 Å². The molecule has 0 aliphatic carbocycles. The number of Topliss-reactive ketones (excluding diaryl/α,β-unsaturated/α-hetero) is 1. The van der Waals surface area contributed by atoms with E-state index in [1.54, 1.807) is 14.0 Å². The number of hydrogen-bond donors (Lipinski definition) is 1. The summed E-state index contributed by atoms with van der Waals surface area (Å²) < 4.78 is 5.31. The van der Waals surface area contributed by atoms with Gasteiger partial charge in [-0.2, -0.15) is 0 Å². The van der Waals surface area contributed by atoms with Crippen LogP contribution in [0, 0.1) is 5.92 Å². The van der Waals surface area contributed by atoms with Gasteiger partial charge in [-0.25, -0.2) is 0 Å². The summed E-state index contributed by atoms with van der Waals surface area (Å²) >= 11 is 0. The number of benzene rings is 1. The Bertz CT molecular complexity index is 702. The van der Waals surface area contributed by atoms with Gasteiger partial charge in [0.25, 0.3) is 0 Å². The molecule has 0 fully saturated rings. The lowest BCUT2D eigenvalue weighted by molar-refractivity contribution is -0.123. The molecule has 1 aromatic heterocycles. The van der Waals surface area contributed by atoms with Gasteiger partial charge in [0.2, 0.25) is 0 Å². The maximum absolute atomic E-state index is 12.3. The minimum Gasteiger partial charge on any atom is -0.497 e. The molecule has 22 heavy (non-hydrogen) atoms. The number of methoxy groups -OCH3 is 1. The predicted molar refractivity (Wildman–Crippen MR) is 88.4 cm³/mol. The third-order valence-electron chi connectivity index (χ3n) is 4.42. The maximum Gasteiger partial charge on any atom is 0.152 e. The summed E-state index contributed by atoms with van der Waals surface area (Å²) in [5, 5.41) is 1.21. The van der Waals surface area contributed by atoms with Crippen LogP contribution in [0.25, 0.3) is 10.9 Å². The van der Waals surface area contributed by atoms with E-state index >= 15 is 0 Å². The highest BCUT2D eigenvalue weighted by molar-refractivity contribution is 5.90. The minimum absolute atomic E-state index is 0.149. The molecule has 0 spiro atoms. The minimum atomic E-state index is -0.149. The van der Waals surface area contributed by atoms with E-state index in [0.29, 0.717) is 5.92 Å². The number of carbonyl (C=O) groups excluding carboxylic acids is 1. The Labute approximate surface area is 131 Å². The van der Waals surface area contributed by atoms with Crippen molar-refractivity contribution in [3.8, 4) is 5.75 Å². The number of H-pyrrole nitrogens is 1. The first-order valence-electron chi connectivity index (χ1n) is 7.94. The van der Waals surface area contributed by atoms with E-state index < -0.39 is 0 Å². The van der Waals surface area contributed by atoms with E-state index in [-0.39, 0.29) is 11.8 Å². The Balaban J connectivity index is 2.08. The molecule has 4 heteroatoms. The molecule has 1 atom stereocenters. The van der Waals surface area contributed by atoms with Crippen molar-refractivity contribution in [2.24, 2.45) is 5.92 Å². The van der Waals surface area contributed by atoms with Crippen LogP contribution in [0.1, 0.15) is 38.1 Å². The van der Waals surface area contributed by atoms with E-state index in [1.807, 2.05) is 12.1 Å². The fraction of sp³-hybridized carbons (Fsp3) is 0.500. The van der Waals surface area contributed by atoms with E-state index in [1.165, 1.54) is 10.9 Å². The number of aromatic amines is 1. The van der Waals surface area contributed by atoms with Crippen LogP contribution in [-0.2, 0) is 11.2 Å². The zero-order valence-electron chi connectivity index (χ0n) is 13.8. The number of rotatable bonds is 4. The van der Waals surface area contributed by atoms with Gasteiger partial charge in [0.15, 0.2) is 5.78 Å². The van der Waals surface area contributed by atoms with Gasteiger partial charge >= 0.3 is 0 Å². The normalized spacial score (nSPS) is 18.7. The summed E-state index contributed by atoms with van der Waals surface area (Å²) in [4.78, 5) is 18.1. The highest BCUT2D eigenvalue weighted by Gasteiger charge is 2.33. The third-order valence-corrected chi connectivity index (χ3v) is 4.42. The van der Waals surface area contributed by atoms with Crippen LogP contribution in [0.15, 0.2) is 18.2 Å². The first kappa shape index (κ1) is 15.1. The molecular formula is C18H24N2O2. The van der Waals surface area contributed by atoms with Crippen molar-refractivity contribution in [3.63, 3.8) is 0 Å². The van der Waals surface area contributed by atoms with Crippen molar-refractivity contribution < 1.29 is 9.53 Å². The number of ketones is 1. The van der Waals surface area contributed by atoms with Gasteiger partial charge in [0.05, 0.1) is 7.11 Å². The van der Waals surface area contributed by atoms with Gasteiger partial charge in [-0.1, -0.05) is 13.8 Å². The number of ether oxygens (including phenoxy) is 1. The molecule has 0 saturated carbocycles. The summed E-state index contributed by atoms with van der Waals surface area (Å²) in [7, 11) is 1.67.